The molecule has 0 atom stereocenters. The molecular formula is C19H23F3N4O2. The first-order chi connectivity index (χ1) is 13.3. The SMILES string of the molecule is CN=C(NCc1ccnc(OCC(F)(F)F)c1)N(C)Cc1ccccc1OC. The summed E-state index contributed by atoms with van der Waals surface area (Å²) in [7, 11) is 5.16. The van der Waals surface area contributed by atoms with Gasteiger partial charge in [0.25, 0.3) is 0 Å². The van der Waals surface area contributed by atoms with Gasteiger partial charge in [-0.25, -0.2) is 4.98 Å². The van der Waals surface area contributed by atoms with Crippen molar-refractivity contribution in [1.29, 1.82) is 0 Å². The van der Waals surface area contributed by atoms with Gasteiger partial charge in [-0.3, -0.25) is 4.99 Å². The predicted molar refractivity (Wildman–Crippen MR) is 100 cm³/mol. The number of hydrogen-bond donors (Lipinski definition) is 1. The Morgan fingerprint density at radius 2 is 2.00 bits per heavy atom. The first kappa shape index (κ1) is 21.3. The van der Waals surface area contributed by atoms with E-state index in [2.05, 4.69) is 20.0 Å². The van der Waals surface area contributed by atoms with E-state index in [1.54, 1.807) is 20.2 Å². The summed E-state index contributed by atoms with van der Waals surface area (Å²) in [5, 5.41) is 3.17. The Balaban J connectivity index is 1.96. The number of para-hydroxylation sites is 1. The van der Waals surface area contributed by atoms with Crippen LogP contribution in [-0.2, 0) is 13.1 Å². The van der Waals surface area contributed by atoms with Crippen LogP contribution in [0.1, 0.15) is 11.1 Å². The molecule has 0 unspecified atom stereocenters. The van der Waals surface area contributed by atoms with Crippen molar-refractivity contribution in [2.75, 3.05) is 27.8 Å². The van der Waals surface area contributed by atoms with Gasteiger partial charge in [-0.05, 0) is 17.7 Å². The van der Waals surface area contributed by atoms with Gasteiger partial charge in [-0.1, -0.05) is 18.2 Å². The molecule has 2 rings (SSSR count). The third-order valence-electron chi connectivity index (χ3n) is 3.81. The first-order valence-electron chi connectivity index (χ1n) is 8.50. The zero-order valence-electron chi connectivity index (χ0n) is 16.0. The minimum atomic E-state index is -4.40. The maximum absolute atomic E-state index is 12.3. The average molecular weight is 396 g/mol. The van der Waals surface area contributed by atoms with Gasteiger partial charge in [0.2, 0.25) is 5.88 Å². The second-order valence-electron chi connectivity index (χ2n) is 5.97. The Morgan fingerprint density at radius 1 is 1.25 bits per heavy atom. The van der Waals surface area contributed by atoms with Crippen molar-refractivity contribution in [3.05, 3.63) is 53.7 Å². The molecule has 0 fully saturated rings. The van der Waals surface area contributed by atoms with Crippen molar-refractivity contribution in [3.8, 4) is 11.6 Å². The fraction of sp³-hybridized carbons (Fsp3) is 0.368. The van der Waals surface area contributed by atoms with E-state index in [1.165, 1.54) is 12.3 Å². The largest absolute Gasteiger partial charge is 0.496 e. The van der Waals surface area contributed by atoms with Crippen LogP contribution in [0, 0.1) is 0 Å². The number of ether oxygens (including phenoxy) is 2. The quantitative estimate of drug-likeness (QED) is 0.575. The van der Waals surface area contributed by atoms with E-state index in [0.717, 1.165) is 16.9 Å². The number of halogens is 3. The summed E-state index contributed by atoms with van der Waals surface area (Å²) >= 11 is 0. The third kappa shape index (κ3) is 6.64. The van der Waals surface area contributed by atoms with Crippen LogP contribution in [-0.4, -0.2) is 49.8 Å². The average Bonchev–Trinajstić information content (AvgIpc) is 2.67. The van der Waals surface area contributed by atoms with Gasteiger partial charge in [0.15, 0.2) is 12.6 Å². The number of nitrogens with zero attached hydrogens (tertiary/aromatic N) is 3. The maximum Gasteiger partial charge on any atom is 0.422 e. The molecule has 0 spiro atoms. The van der Waals surface area contributed by atoms with E-state index in [-0.39, 0.29) is 5.88 Å². The summed E-state index contributed by atoms with van der Waals surface area (Å²) in [4.78, 5) is 9.95. The van der Waals surface area contributed by atoms with Crippen LogP contribution in [0.2, 0.25) is 0 Å². The molecule has 1 aromatic heterocycles. The minimum Gasteiger partial charge on any atom is -0.496 e. The highest BCUT2D eigenvalue weighted by Crippen LogP contribution is 2.19. The van der Waals surface area contributed by atoms with Gasteiger partial charge in [0.1, 0.15) is 5.75 Å². The second-order valence-corrected chi connectivity index (χ2v) is 5.97. The van der Waals surface area contributed by atoms with Gasteiger partial charge >= 0.3 is 6.18 Å². The van der Waals surface area contributed by atoms with Gasteiger partial charge in [0.05, 0.1) is 7.11 Å². The van der Waals surface area contributed by atoms with Gasteiger partial charge < -0.3 is 19.7 Å². The monoisotopic (exact) mass is 396 g/mol. The number of aliphatic imine (C=N–C) groups is 1. The zero-order chi connectivity index (χ0) is 20.6. The summed E-state index contributed by atoms with van der Waals surface area (Å²) in [6.45, 7) is -0.450. The number of nitrogens with one attached hydrogen (secondary N) is 1. The van der Waals surface area contributed by atoms with E-state index in [1.807, 2.05) is 36.2 Å². The van der Waals surface area contributed by atoms with Crippen molar-refractivity contribution in [3.63, 3.8) is 0 Å². The van der Waals surface area contributed by atoms with E-state index >= 15 is 0 Å². The molecule has 0 bridgehead atoms. The van der Waals surface area contributed by atoms with Gasteiger partial charge in [0, 0.05) is 45.0 Å². The Morgan fingerprint density at radius 3 is 2.68 bits per heavy atom. The summed E-state index contributed by atoms with van der Waals surface area (Å²) in [5.74, 6) is 1.33. The lowest BCUT2D eigenvalue weighted by molar-refractivity contribution is -0.154. The highest BCUT2D eigenvalue weighted by atomic mass is 19.4. The number of benzene rings is 1. The molecule has 0 aliphatic rings. The molecule has 0 saturated carbocycles. The normalized spacial score (nSPS) is 11.9. The molecule has 0 amide bonds. The van der Waals surface area contributed by atoms with Gasteiger partial charge in [-0.2, -0.15) is 13.2 Å². The fourth-order valence-corrected chi connectivity index (χ4v) is 2.52. The van der Waals surface area contributed by atoms with Crippen molar-refractivity contribution < 1.29 is 22.6 Å². The Hall–Kier alpha value is -2.97. The molecule has 9 heteroatoms. The molecule has 1 heterocycles. The Bertz CT molecular complexity index is 797. The lowest BCUT2D eigenvalue weighted by Crippen LogP contribution is -2.38. The topological polar surface area (TPSA) is 59.0 Å². The number of hydrogen-bond acceptors (Lipinski definition) is 4. The van der Waals surface area contributed by atoms with E-state index < -0.39 is 12.8 Å². The molecule has 1 N–H and O–H groups in total. The highest BCUT2D eigenvalue weighted by Gasteiger charge is 2.28. The number of aromatic nitrogens is 1. The lowest BCUT2D eigenvalue weighted by Gasteiger charge is -2.23. The second kappa shape index (κ2) is 9.82. The number of rotatable bonds is 7. The van der Waals surface area contributed by atoms with Crippen LogP contribution in [0.3, 0.4) is 0 Å². The number of guanidine groups is 1. The molecule has 1 aromatic carbocycles. The van der Waals surface area contributed by atoms with Crippen molar-refractivity contribution in [2.45, 2.75) is 19.3 Å². The molecule has 6 nitrogen and oxygen atoms in total. The molecule has 0 radical (unpaired) electrons. The Labute approximate surface area is 162 Å². The van der Waals surface area contributed by atoms with Crippen molar-refractivity contribution in [2.24, 2.45) is 4.99 Å². The minimum absolute atomic E-state index is 0.0750. The molecular weight excluding hydrogens is 373 g/mol. The summed E-state index contributed by atoms with van der Waals surface area (Å²) in [6.07, 6.45) is -3.00. The molecule has 0 saturated heterocycles. The smallest absolute Gasteiger partial charge is 0.422 e. The zero-order valence-corrected chi connectivity index (χ0v) is 16.0. The van der Waals surface area contributed by atoms with Crippen LogP contribution in [0.4, 0.5) is 13.2 Å². The summed E-state index contributed by atoms with van der Waals surface area (Å²) < 4.78 is 46.8. The molecule has 2 aromatic rings. The van der Waals surface area contributed by atoms with E-state index in [0.29, 0.717) is 19.0 Å². The Kier molecular flexibility index (Phi) is 7.48. The lowest BCUT2D eigenvalue weighted by atomic mass is 10.2. The number of pyridine rings is 1. The van der Waals surface area contributed by atoms with Crippen LogP contribution in [0.5, 0.6) is 11.6 Å². The van der Waals surface area contributed by atoms with Crippen LogP contribution < -0.4 is 14.8 Å². The number of alkyl halides is 3. The third-order valence-corrected chi connectivity index (χ3v) is 3.81. The van der Waals surface area contributed by atoms with Crippen LogP contribution >= 0.6 is 0 Å². The van der Waals surface area contributed by atoms with E-state index in [9.17, 15) is 13.2 Å². The van der Waals surface area contributed by atoms with Crippen molar-refractivity contribution >= 4 is 5.96 Å². The molecule has 0 aliphatic heterocycles. The highest BCUT2D eigenvalue weighted by molar-refractivity contribution is 5.79. The summed E-state index contributed by atoms with van der Waals surface area (Å²) in [6, 6.07) is 10.8. The number of methoxy groups -OCH3 is 1. The molecule has 28 heavy (non-hydrogen) atoms. The summed E-state index contributed by atoms with van der Waals surface area (Å²) in [5.41, 5.74) is 1.72. The van der Waals surface area contributed by atoms with E-state index in [4.69, 9.17) is 4.74 Å². The molecule has 152 valence electrons. The standard InChI is InChI=1S/C19H23F3N4O2/c1-23-18(26(2)12-15-6-4-5-7-16(15)27-3)25-11-14-8-9-24-17(10-14)28-13-19(20,21)22/h4-10H,11-13H2,1-3H3,(H,23,25). The molecule has 0 aliphatic carbocycles. The predicted octanol–water partition coefficient (Wildman–Crippen LogP) is 3.24. The van der Waals surface area contributed by atoms with Crippen molar-refractivity contribution in [1.82, 2.24) is 15.2 Å². The fourth-order valence-electron chi connectivity index (χ4n) is 2.52. The maximum atomic E-state index is 12.3. The van der Waals surface area contributed by atoms with Crippen LogP contribution in [0.15, 0.2) is 47.6 Å². The van der Waals surface area contributed by atoms with Crippen LogP contribution in [0.25, 0.3) is 0 Å². The first-order valence-corrected chi connectivity index (χ1v) is 8.50. The van der Waals surface area contributed by atoms with Gasteiger partial charge in [-0.15, -0.1) is 0 Å².